The third-order valence-corrected chi connectivity index (χ3v) is 4.12. The third-order valence-electron chi connectivity index (χ3n) is 4.12. The van der Waals surface area contributed by atoms with Gasteiger partial charge in [-0.2, -0.15) is 5.10 Å². The normalized spacial score (nSPS) is 25.6. The minimum atomic E-state index is 0.394. The van der Waals surface area contributed by atoms with Crippen molar-refractivity contribution >= 4 is 0 Å². The van der Waals surface area contributed by atoms with E-state index in [1.165, 1.54) is 17.7 Å². The van der Waals surface area contributed by atoms with Crippen LogP contribution >= 0.6 is 0 Å². The molecule has 1 fully saturated rings. The number of hydrogen-bond acceptors (Lipinski definition) is 3. The van der Waals surface area contributed by atoms with Crippen molar-refractivity contribution in [3.8, 4) is 0 Å². The molecule has 1 aromatic rings. The fourth-order valence-electron chi connectivity index (χ4n) is 2.96. The molecule has 2 rings (SSSR count). The molecule has 2 heterocycles. The van der Waals surface area contributed by atoms with Crippen molar-refractivity contribution in [3.05, 3.63) is 17.5 Å². The number of aromatic nitrogens is 2. The first kappa shape index (κ1) is 13.6. The Bertz CT molecular complexity index is 385. The van der Waals surface area contributed by atoms with Crippen LogP contribution in [0.2, 0.25) is 0 Å². The Morgan fingerprint density at radius 1 is 1.44 bits per heavy atom. The van der Waals surface area contributed by atoms with Gasteiger partial charge in [-0.1, -0.05) is 20.3 Å². The van der Waals surface area contributed by atoms with Gasteiger partial charge < -0.3 is 5.73 Å². The second-order valence-electron chi connectivity index (χ2n) is 5.48. The summed E-state index contributed by atoms with van der Waals surface area (Å²) in [7, 11) is 2.00. The molecule has 1 saturated heterocycles. The summed E-state index contributed by atoms with van der Waals surface area (Å²) < 4.78 is 1.93. The summed E-state index contributed by atoms with van der Waals surface area (Å²) in [4.78, 5) is 2.54. The van der Waals surface area contributed by atoms with Gasteiger partial charge in [-0.05, 0) is 25.3 Å². The summed E-state index contributed by atoms with van der Waals surface area (Å²) in [5.41, 5.74) is 8.78. The van der Waals surface area contributed by atoms with Crippen LogP contribution in [0, 0.1) is 5.92 Å². The van der Waals surface area contributed by atoms with Crippen molar-refractivity contribution in [1.29, 1.82) is 0 Å². The largest absolute Gasteiger partial charge is 0.327 e. The van der Waals surface area contributed by atoms with Crippen molar-refractivity contribution in [3.63, 3.8) is 0 Å². The van der Waals surface area contributed by atoms with E-state index >= 15 is 0 Å². The smallest absolute Gasteiger partial charge is 0.0666 e. The van der Waals surface area contributed by atoms with Gasteiger partial charge in [-0.25, -0.2) is 0 Å². The van der Waals surface area contributed by atoms with Gasteiger partial charge >= 0.3 is 0 Å². The number of nitrogens with two attached hydrogens (primary N) is 1. The molecule has 2 atom stereocenters. The van der Waals surface area contributed by atoms with E-state index in [1.807, 2.05) is 11.7 Å². The Kier molecular flexibility index (Phi) is 4.40. The predicted octanol–water partition coefficient (Wildman–Crippen LogP) is 1.54. The summed E-state index contributed by atoms with van der Waals surface area (Å²) in [6.45, 7) is 7.70. The van der Waals surface area contributed by atoms with E-state index in [0.29, 0.717) is 12.0 Å². The minimum absolute atomic E-state index is 0.394. The van der Waals surface area contributed by atoms with E-state index in [0.717, 1.165) is 32.5 Å². The number of rotatable bonds is 4. The molecule has 2 N–H and O–H groups in total. The predicted molar refractivity (Wildman–Crippen MR) is 74.2 cm³/mol. The zero-order valence-electron chi connectivity index (χ0n) is 11.9. The standard InChI is InChI=1S/C14H26N4/c1-4-11-9-18(7-6-13(11)15)10-12-8-17(3)16-14(12)5-2/h8,11,13H,4-7,9-10,15H2,1-3H3. The molecule has 0 bridgehead atoms. The molecule has 18 heavy (non-hydrogen) atoms. The van der Waals surface area contributed by atoms with Gasteiger partial charge in [0.05, 0.1) is 5.69 Å². The molecule has 102 valence electrons. The van der Waals surface area contributed by atoms with Crippen molar-refractivity contribution in [1.82, 2.24) is 14.7 Å². The van der Waals surface area contributed by atoms with E-state index in [-0.39, 0.29) is 0 Å². The van der Waals surface area contributed by atoms with Crippen molar-refractivity contribution in [2.24, 2.45) is 18.7 Å². The average molecular weight is 250 g/mol. The number of nitrogens with zero attached hydrogens (tertiary/aromatic N) is 3. The van der Waals surface area contributed by atoms with E-state index in [1.54, 1.807) is 0 Å². The second-order valence-corrected chi connectivity index (χ2v) is 5.48. The van der Waals surface area contributed by atoms with Crippen molar-refractivity contribution < 1.29 is 0 Å². The Labute approximate surface area is 110 Å². The summed E-state index contributed by atoms with van der Waals surface area (Å²) in [6.07, 6.45) is 5.49. The minimum Gasteiger partial charge on any atom is -0.327 e. The third kappa shape index (κ3) is 2.93. The molecule has 0 aromatic carbocycles. The zero-order valence-corrected chi connectivity index (χ0v) is 11.9. The summed E-state index contributed by atoms with van der Waals surface area (Å²) in [5, 5.41) is 4.51. The summed E-state index contributed by atoms with van der Waals surface area (Å²) in [6, 6.07) is 0.394. The Hall–Kier alpha value is -0.870. The van der Waals surface area contributed by atoms with E-state index in [9.17, 15) is 0 Å². The van der Waals surface area contributed by atoms with Crippen LogP contribution in [0.5, 0.6) is 0 Å². The van der Waals surface area contributed by atoms with Gasteiger partial charge in [0, 0.05) is 37.9 Å². The molecule has 4 heteroatoms. The first-order valence-corrected chi connectivity index (χ1v) is 7.13. The monoisotopic (exact) mass is 250 g/mol. The molecule has 0 aliphatic carbocycles. The quantitative estimate of drug-likeness (QED) is 0.882. The first-order valence-electron chi connectivity index (χ1n) is 7.13. The number of aryl methyl sites for hydroxylation is 2. The first-order chi connectivity index (χ1) is 8.63. The molecule has 1 aliphatic heterocycles. The molecule has 0 spiro atoms. The number of likely N-dealkylation sites (tertiary alicyclic amines) is 1. The van der Waals surface area contributed by atoms with E-state index < -0.39 is 0 Å². The maximum absolute atomic E-state index is 6.16. The van der Waals surface area contributed by atoms with Crippen LogP contribution in [0.15, 0.2) is 6.20 Å². The van der Waals surface area contributed by atoms with Gasteiger partial charge in [0.2, 0.25) is 0 Å². The van der Waals surface area contributed by atoms with Crippen LogP contribution in [0.25, 0.3) is 0 Å². The van der Waals surface area contributed by atoms with E-state index in [2.05, 4.69) is 30.0 Å². The lowest BCUT2D eigenvalue weighted by atomic mass is 9.90. The number of piperidine rings is 1. The van der Waals surface area contributed by atoms with Gasteiger partial charge in [0.1, 0.15) is 0 Å². The Morgan fingerprint density at radius 2 is 2.22 bits per heavy atom. The SMILES string of the molecule is CCc1nn(C)cc1CN1CCC(N)C(CC)C1. The molecule has 1 aromatic heterocycles. The molecule has 1 aliphatic rings. The van der Waals surface area contributed by atoms with E-state index in [4.69, 9.17) is 5.73 Å². The molecule has 0 radical (unpaired) electrons. The van der Waals surface area contributed by atoms with Crippen LogP contribution < -0.4 is 5.73 Å². The molecular weight excluding hydrogens is 224 g/mol. The lowest BCUT2D eigenvalue weighted by molar-refractivity contribution is 0.145. The second kappa shape index (κ2) is 5.85. The van der Waals surface area contributed by atoms with Crippen LogP contribution in [0.3, 0.4) is 0 Å². The number of hydrogen-bond donors (Lipinski definition) is 1. The lowest BCUT2D eigenvalue weighted by Crippen LogP contribution is -2.46. The van der Waals surface area contributed by atoms with Crippen LogP contribution in [-0.4, -0.2) is 33.8 Å². The van der Waals surface area contributed by atoms with Crippen LogP contribution in [-0.2, 0) is 20.0 Å². The molecule has 0 amide bonds. The Morgan fingerprint density at radius 3 is 2.89 bits per heavy atom. The molecule has 4 nitrogen and oxygen atoms in total. The highest BCUT2D eigenvalue weighted by molar-refractivity contribution is 5.17. The zero-order chi connectivity index (χ0) is 13.1. The van der Waals surface area contributed by atoms with Crippen molar-refractivity contribution in [2.45, 2.75) is 45.7 Å². The molecule has 0 saturated carbocycles. The average Bonchev–Trinajstić information content (AvgIpc) is 2.72. The summed E-state index contributed by atoms with van der Waals surface area (Å²) in [5.74, 6) is 0.653. The highest BCUT2D eigenvalue weighted by Crippen LogP contribution is 2.21. The molecule has 2 unspecified atom stereocenters. The highest BCUT2D eigenvalue weighted by atomic mass is 15.3. The van der Waals surface area contributed by atoms with Gasteiger partial charge in [-0.15, -0.1) is 0 Å². The fourth-order valence-corrected chi connectivity index (χ4v) is 2.96. The highest BCUT2D eigenvalue weighted by Gasteiger charge is 2.25. The maximum Gasteiger partial charge on any atom is 0.0666 e. The lowest BCUT2D eigenvalue weighted by Gasteiger charge is -2.36. The Balaban J connectivity index is 2.00. The summed E-state index contributed by atoms with van der Waals surface area (Å²) >= 11 is 0. The topological polar surface area (TPSA) is 47.1 Å². The maximum atomic E-state index is 6.16. The van der Waals surface area contributed by atoms with Gasteiger partial charge in [-0.3, -0.25) is 9.58 Å². The molecular formula is C14H26N4. The van der Waals surface area contributed by atoms with Crippen LogP contribution in [0.1, 0.15) is 37.9 Å². The van der Waals surface area contributed by atoms with Crippen LogP contribution in [0.4, 0.5) is 0 Å². The van der Waals surface area contributed by atoms with Crippen molar-refractivity contribution in [2.75, 3.05) is 13.1 Å². The van der Waals surface area contributed by atoms with Gasteiger partial charge in [0.15, 0.2) is 0 Å². The fraction of sp³-hybridized carbons (Fsp3) is 0.786. The van der Waals surface area contributed by atoms with Gasteiger partial charge in [0.25, 0.3) is 0 Å².